The number of hydrogen-bond acceptors (Lipinski definition) is 6. The Balaban J connectivity index is 1.58. The molecular weight excluding hydrogens is 452 g/mol. The number of nitrogens with zero attached hydrogens (tertiary/aromatic N) is 2. The summed E-state index contributed by atoms with van der Waals surface area (Å²) in [5, 5.41) is 0. The number of rotatable bonds is 9. The van der Waals surface area contributed by atoms with Crippen LogP contribution in [0.2, 0.25) is 0 Å². The summed E-state index contributed by atoms with van der Waals surface area (Å²) in [6.07, 6.45) is 11.6. The fourth-order valence-corrected chi connectivity index (χ4v) is 3.69. The van der Waals surface area contributed by atoms with Crippen LogP contribution in [0.15, 0.2) is 73.1 Å². The van der Waals surface area contributed by atoms with E-state index in [1.54, 1.807) is 40.8 Å². The average molecular weight is 481 g/mol. The minimum atomic E-state index is 0.770. The summed E-state index contributed by atoms with van der Waals surface area (Å²) in [6, 6.07) is 19.3. The fourth-order valence-electron chi connectivity index (χ4n) is 3.69. The first kappa shape index (κ1) is 24.5. The van der Waals surface area contributed by atoms with Gasteiger partial charge in [-0.05, 0) is 71.8 Å². The van der Waals surface area contributed by atoms with Gasteiger partial charge >= 0.3 is 0 Å². The number of pyridine rings is 2. The Morgan fingerprint density at radius 3 is 1.33 bits per heavy atom. The Labute approximate surface area is 211 Å². The number of ether oxygens (including phenoxy) is 4. The first-order chi connectivity index (χ1) is 17.6. The van der Waals surface area contributed by atoms with Crippen molar-refractivity contribution in [1.82, 2.24) is 9.97 Å². The van der Waals surface area contributed by atoms with Gasteiger partial charge in [-0.3, -0.25) is 9.97 Å². The van der Waals surface area contributed by atoms with E-state index in [-0.39, 0.29) is 0 Å². The lowest BCUT2D eigenvalue weighted by atomic mass is 10.1. The van der Waals surface area contributed by atoms with E-state index in [2.05, 4.69) is 9.97 Å². The zero-order chi connectivity index (χ0) is 25.3. The molecule has 0 unspecified atom stereocenters. The van der Waals surface area contributed by atoms with Gasteiger partial charge < -0.3 is 18.9 Å². The summed E-state index contributed by atoms with van der Waals surface area (Å²) >= 11 is 0. The lowest BCUT2D eigenvalue weighted by Crippen LogP contribution is -1.90. The summed E-state index contributed by atoms with van der Waals surface area (Å²) < 4.78 is 21.6. The van der Waals surface area contributed by atoms with E-state index in [1.165, 1.54) is 0 Å². The van der Waals surface area contributed by atoms with Crippen LogP contribution in [0.4, 0.5) is 0 Å². The average Bonchev–Trinajstić information content (AvgIpc) is 2.94. The van der Waals surface area contributed by atoms with E-state index in [1.807, 2.05) is 85.0 Å². The molecule has 0 saturated carbocycles. The molecule has 0 saturated heterocycles. The highest BCUT2D eigenvalue weighted by molar-refractivity contribution is 5.76. The second-order valence-corrected chi connectivity index (χ2v) is 7.83. The molecule has 2 aromatic heterocycles. The summed E-state index contributed by atoms with van der Waals surface area (Å²) in [6.45, 7) is 0. The summed E-state index contributed by atoms with van der Waals surface area (Å²) in [7, 11) is 6.60. The van der Waals surface area contributed by atoms with Crippen molar-refractivity contribution in [1.29, 1.82) is 0 Å². The molecule has 4 aromatic rings. The molecule has 0 atom stereocenters. The second kappa shape index (κ2) is 11.7. The van der Waals surface area contributed by atoms with Crippen LogP contribution in [-0.4, -0.2) is 38.4 Å². The standard InChI is InChI=1S/C30H28N2O4/c1-33-25-9-11-29(35-3)23(19-25)7-5-21-13-15-31-27(17-21)28-18-22(14-16-32-28)6-8-24-20-26(34-2)10-12-30(24)36-4/h5-20H,1-4H3. The first-order valence-corrected chi connectivity index (χ1v) is 11.4. The molecule has 0 N–H and O–H groups in total. The van der Waals surface area contributed by atoms with Gasteiger partial charge in [0, 0.05) is 23.5 Å². The van der Waals surface area contributed by atoms with Gasteiger partial charge in [0.25, 0.3) is 0 Å². The molecule has 4 rings (SSSR count). The molecular formula is C30H28N2O4. The van der Waals surface area contributed by atoms with Crippen LogP contribution in [0.5, 0.6) is 23.0 Å². The van der Waals surface area contributed by atoms with Crippen LogP contribution in [0.1, 0.15) is 22.3 Å². The minimum Gasteiger partial charge on any atom is -0.497 e. The third kappa shape index (κ3) is 5.91. The maximum absolute atomic E-state index is 5.47. The highest BCUT2D eigenvalue weighted by atomic mass is 16.5. The summed E-state index contributed by atoms with van der Waals surface area (Å²) in [4.78, 5) is 9.07. The predicted octanol–water partition coefficient (Wildman–Crippen LogP) is 6.52. The molecule has 0 fully saturated rings. The maximum atomic E-state index is 5.47. The molecule has 0 aliphatic rings. The zero-order valence-electron chi connectivity index (χ0n) is 20.8. The molecule has 2 heterocycles. The summed E-state index contributed by atoms with van der Waals surface area (Å²) in [5.41, 5.74) is 5.40. The Bertz CT molecular complexity index is 1290. The molecule has 182 valence electrons. The molecule has 0 spiro atoms. The molecule has 0 radical (unpaired) electrons. The fraction of sp³-hybridized carbons (Fsp3) is 0.133. The first-order valence-electron chi connectivity index (χ1n) is 11.4. The molecule has 0 aliphatic heterocycles. The molecule has 0 bridgehead atoms. The third-order valence-corrected chi connectivity index (χ3v) is 5.61. The van der Waals surface area contributed by atoms with Gasteiger partial charge in [0.15, 0.2) is 0 Å². The molecule has 6 heteroatoms. The number of methoxy groups -OCH3 is 4. The molecule has 0 amide bonds. The summed E-state index contributed by atoms with van der Waals surface area (Å²) in [5.74, 6) is 3.09. The van der Waals surface area contributed by atoms with Crippen LogP contribution in [0.25, 0.3) is 35.7 Å². The van der Waals surface area contributed by atoms with Gasteiger partial charge in [0.1, 0.15) is 23.0 Å². The van der Waals surface area contributed by atoms with Crippen LogP contribution >= 0.6 is 0 Å². The van der Waals surface area contributed by atoms with Crippen molar-refractivity contribution in [2.75, 3.05) is 28.4 Å². The highest BCUT2D eigenvalue weighted by Crippen LogP contribution is 2.28. The van der Waals surface area contributed by atoms with Crippen molar-refractivity contribution in [2.45, 2.75) is 0 Å². The van der Waals surface area contributed by atoms with E-state index >= 15 is 0 Å². The van der Waals surface area contributed by atoms with Crippen LogP contribution < -0.4 is 18.9 Å². The number of hydrogen-bond donors (Lipinski definition) is 0. The van der Waals surface area contributed by atoms with Crippen LogP contribution in [-0.2, 0) is 0 Å². The lowest BCUT2D eigenvalue weighted by molar-refractivity contribution is 0.402. The molecule has 36 heavy (non-hydrogen) atoms. The van der Waals surface area contributed by atoms with E-state index in [0.717, 1.165) is 56.6 Å². The Morgan fingerprint density at radius 1 is 0.500 bits per heavy atom. The molecule has 6 nitrogen and oxygen atoms in total. The van der Waals surface area contributed by atoms with Crippen molar-refractivity contribution in [3.8, 4) is 34.4 Å². The van der Waals surface area contributed by atoms with Gasteiger partial charge in [-0.1, -0.05) is 24.3 Å². The lowest BCUT2D eigenvalue weighted by Gasteiger charge is -2.08. The number of benzene rings is 2. The molecule has 2 aromatic carbocycles. The second-order valence-electron chi connectivity index (χ2n) is 7.83. The molecule has 0 aliphatic carbocycles. The third-order valence-electron chi connectivity index (χ3n) is 5.61. The normalized spacial score (nSPS) is 11.1. The SMILES string of the molecule is COc1ccc(OC)c(C=Cc2ccnc(-c3cc(C=Cc4cc(OC)ccc4OC)ccn3)c2)c1. The largest absolute Gasteiger partial charge is 0.497 e. The Hall–Kier alpha value is -4.58. The number of aromatic nitrogens is 2. The van der Waals surface area contributed by atoms with Crippen molar-refractivity contribution < 1.29 is 18.9 Å². The Morgan fingerprint density at radius 2 is 0.944 bits per heavy atom. The van der Waals surface area contributed by atoms with Crippen molar-refractivity contribution in [3.63, 3.8) is 0 Å². The Kier molecular flexibility index (Phi) is 7.98. The maximum Gasteiger partial charge on any atom is 0.126 e. The van der Waals surface area contributed by atoms with Gasteiger partial charge in [-0.15, -0.1) is 0 Å². The predicted molar refractivity (Wildman–Crippen MR) is 144 cm³/mol. The van der Waals surface area contributed by atoms with E-state index < -0.39 is 0 Å². The van der Waals surface area contributed by atoms with Crippen molar-refractivity contribution >= 4 is 24.3 Å². The van der Waals surface area contributed by atoms with E-state index in [4.69, 9.17) is 18.9 Å². The quantitative estimate of drug-likeness (QED) is 0.272. The highest BCUT2D eigenvalue weighted by Gasteiger charge is 2.06. The van der Waals surface area contributed by atoms with Gasteiger partial charge in [-0.25, -0.2) is 0 Å². The van der Waals surface area contributed by atoms with Crippen LogP contribution in [0.3, 0.4) is 0 Å². The minimum absolute atomic E-state index is 0.770. The van der Waals surface area contributed by atoms with Crippen molar-refractivity contribution in [2.24, 2.45) is 0 Å². The zero-order valence-corrected chi connectivity index (χ0v) is 20.8. The van der Waals surface area contributed by atoms with E-state index in [9.17, 15) is 0 Å². The topological polar surface area (TPSA) is 62.7 Å². The van der Waals surface area contributed by atoms with Gasteiger partial charge in [0.05, 0.1) is 39.8 Å². The van der Waals surface area contributed by atoms with Gasteiger partial charge in [0.2, 0.25) is 0 Å². The van der Waals surface area contributed by atoms with Crippen LogP contribution in [0, 0.1) is 0 Å². The van der Waals surface area contributed by atoms with E-state index in [0.29, 0.717) is 0 Å². The van der Waals surface area contributed by atoms with Gasteiger partial charge in [-0.2, -0.15) is 0 Å². The van der Waals surface area contributed by atoms with Crippen molar-refractivity contribution in [3.05, 3.63) is 95.3 Å². The monoisotopic (exact) mass is 480 g/mol. The smallest absolute Gasteiger partial charge is 0.126 e.